The fourth-order valence-electron chi connectivity index (χ4n) is 3.01. The number of ketones is 1. The van der Waals surface area contributed by atoms with Crippen LogP contribution < -0.4 is 4.90 Å². The lowest BCUT2D eigenvalue weighted by Gasteiger charge is -2.22. The Balaban J connectivity index is 2.24. The molecule has 1 aromatic rings. The Morgan fingerprint density at radius 1 is 1.18 bits per heavy atom. The minimum absolute atomic E-state index is 0.0308. The fourth-order valence-corrected chi connectivity index (χ4v) is 3.13. The van der Waals surface area contributed by atoms with E-state index in [2.05, 4.69) is 13.8 Å². The zero-order chi connectivity index (χ0) is 16.3. The third-order valence-electron chi connectivity index (χ3n) is 4.50. The molecule has 1 unspecified atom stereocenters. The van der Waals surface area contributed by atoms with E-state index in [1.54, 1.807) is 6.07 Å². The summed E-state index contributed by atoms with van der Waals surface area (Å²) < 4.78 is 0. The molecule has 1 aromatic carbocycles. The Morgan fingerprint density at radius 3 is 2.45 bits per heavy atom. The van der Waals surface area contributed by atoms with Gasteiger partial charge in [-0.25, -0.2) is 0 Å². The van der Waals surface area contributed by atoms with Crippen LogP contribution in [0.25, 0.3) is 0 Å². The van der Waals surface area contributed by atoms with Crippen LogP contribution in [0.2, 0.25) is 0 Å². The number of rotatable bonds is 6. The van der Waals surface area contributed by atoms with Gasteiger partial charge in [-0.2, -0.15) is 0 Å². The van der Waals surface area contributed by atoms with Crippen LogP contribution in [-0.2, 0) is 11.2 Å². The van der Waals surface area contributed by atoms with Crippen molar-refractivity contribution in [2.75, 3.05) is 11.4 Å². The van der Waals surface area contributed by atoms with Crippen LogP contribution in [0, 0.1) is 5.92 Å². The molecule has 0 fully saturated rings. The molecule has 0 radical (unpaired) electrons. The molecule has 0 saturated heterocycles. The summed E-state index contributed by atoms with van der Waals surface area (Å²) in [5.41, 5.74) is 2.68. The van der Waals surface area contributed by atoms with E-state index < -0.39 is 5.38 Å². The van der Waals surface area contributed by atoms with Gasteiger partial charge in [-0.05, 0) is 49.4 Å². The summed E-state index contributed by atoms with van der Waals surface area (Å²) in [6, 6.07) is 5.60. The quantitative estimate of drug-likeness (QED) is 0.581. The van der Waals surface area contributed by atoms with Crippen LogP contribution in [0.15, 0.2) is 18.2 Å². The average molecular weight is 322 g/mol. The second-order valence-corrected chi connectivity index (χ2v) is 6.36. The van der Waals surface area contributed by atoms with E-state index in [1.807, 2.05) is 24.0 Å². The number of anilines is 1. The van der Waals surface area contributed by atoms with Crippen molar-refractivity contribution in [1.82, 2.24) is 0 Å². The predicted molar refractivity (Wildman–Crippen MR) is 90.8 cm³/mol. The largest absolute Gasteiger partial charge is 0.312 e. The maximum atomic E-state index is 12.6. The second kappa shape index (κ2) is 7.28. The van der Waals surface area contributed by atoms with Gasteiger partial charge in [0.25, 0.3) is 0 Å². The highest BCUT2D eigenvalue weighted by molar-refractivity contribution is 6.33. The highest BCUT2D eigenvalue weighted by Gasteiger charge is 2.29. The third-order valence-corrected chi connectivity index (χ3v) is 5.01. The number of carbonyl (C=O) groups excluding carboxylic acids is 2. The molecular formula is C18H24ClNO2. The zero-order valence-electron chi connectivity index (χ0n) is 13.6. The standard InChI is InChI=1S/C18H24ClNO2/c1-4-12(5-2)18(22)20-10-9-13-11-14(7-8-16(13)20)17(21)15(19)6-3/h7-8,11-12,15H,4-6,9-10H2,1-3H3. The van der Waals surface area contributed by atoms with E-state index in [0.29, 0.717) is 18.5 Å². The molecule has 1 heterocycles. The lowest BCUT2D eigenvalue weighted by atomic mass is 10.0. The molecular weight excluding hydrogens is 298 g/mol. The number of halogens is 1. The molecule has 1 atom stereocenters. The van der Waals surface area contributed by atoms with Crippen LogP contribution >= 0.6 is 11.6 Å². The van der Waals surface area contributed by atoms with E-state index in [1.165, 1.54) is 0 Å². The number of fused-ring (bicyclic) bond motifs is 1. The number of alkyl halides is 1. The number of Topliss-reactive ketones (excluding diaryl/α,β-unsaturated/α-hetero) is 1. The molecule has 0 spiro atoms. The maximum Gasteiger partial charge on any atom is 0.230 e. The molecule has 4 heteroatoms. The van der Waals surface area contributed by atoms with Gasteiger partial charge in [0.15, 0.2) is 5.78 Å². The first-order valence-corrected chi connectivity index (χ1v) is 8.59. The van der Waals surface area contributed by atoms with Crippen molar-refractivity contribution in [3.63, 3.8) is 0 Å². The number of hydrogen-bond donors (Lipinski definition) is 0. The van der Waals surface area contributed by atoms with Crippen LogP contribution in [0.1, 0.15) is 56.0 Å². The summed E-state index contributed by atoms with van der Waals surface area (Å²) in [5.74, 6) is 0.253. The van der Waals surface area contributed by atoms with Gasteiger partial charge < -0.3 is 4.90 Å². The molecule has 0 aromatic heterocycles. The first-order chi connectivity index (χ1) is 10.5. The highest BCUT2D eigenvalue weighted by Crippen LogP contribution is 2.31. The molecule has 0 saturated carbocycles. The molecule has 0 bridgehead atoms. The smallest absolute Gasteiger partial charge is 0.230 e. The fraction of sp³-hybridized carbons (Fsp3) is 0.556. The van der Waals surface area contributed by atoms with Crippen molar-refractivity contribution in [1.29, 1.82) is 0 Å². The van der Waals surface area contributed by atoms with Gasteiger partial charge in [-0.3, -0.25) is 9.59 Å². The van der Waals surface area contributed by atoms with E-state index in [-0.39, 0.29) is 17.6 Å². The molecule has 1 aliphatic heterocycles. The van der Waals surface area contributed by atoms with Crippen LogP contribution in [-0.4, -0.2) is 23.6 Å². The summed E-state index contributed by atoms with van der Waals surface area (Å²) in [6.45, 7) is 6.71. The summed E-state index contributed by atoms with van der Waals surface area (Å²) in [7, 11) is 0. The van der Waals surface area contributed by atoms with E-state index >= 15 is 0 Å². The van der Waals surface area contributed by atoms with E-state index in [9.17, 15) is 9.59 Å². The Kier molecular flexibility index (Phi) is 5.63. The van der Waals surface area contributed by atoms with Crippen molar-refractivity contribution in [3.05, 3.63) is 29.3 Å². The summed E-state index contributed by atoms with van der Waals surface area (Å²) in [4.78, 5) is 26.6. The molecule has 3 nitrogen and oxygen atoms in total. The van der Waals surface area contributed by atoms with Gasteiger partial charge in [0.05, 0.1) is 5.38 Å². The van der Waals surface area contributed by atoms with Crippen LogP contribution in [0.5, 0.6) is 0 Å². The van der Waals surface area contributed by atoms with Gasteiger partial charge in [-0.1, -0.05) is 20.8 Å². The first kappa shape index (κ1) is 17.0. The first-order valence-electron chi connectivity index (χ1n) is 8.15. The third kappa shape index (κ3) is 3.19. The van der Waals surface area contributed by atoms with Gasteiger partial charge >= 0.3 is 0 Å². The van der Waals surface area contributed by atoms with Gasteiger partial charge in [0.2, 0.25) is 5.91 Å². The van der Waals surface area contributed by atoms with Crippen molar-refractivity contribution in [2.24, 2.45) is 5.92 Å². The molecule has 2 rings (SSSR count). The minimum atomic E-state index is -0.471. The Bertz CT molecular complexity index is 566. The molecule has 1 aliphatic rings. The number of amides is 1. The average Bonchev–Trinajstić information content (AvgIpc) is 2.97. The number of hydrogen-bond acceptors (Lipinski definition) is 2. The van der Waals surface area contributed by atoms with E-state index in [0.717, 1.165) is 30.5 Å². The molecule has 0 N–H and O–H groups in total. The Labute approximate surface area is 137 Å². The normalized spacial score (nSPS) is 15.0. The number of nitrogens with zero attached hydrogens (tertiary/aromatic N) is 1. The van der Waals surface area contributed by atoms with E-state index in [4.69, 9.17) is 11.6 Å². The molecule has 120 valence electrons. The molecule has 22 heavy (non-hydrogen) atoms. The summed E-state index contributed by atoms with van der Waals surface area (Å²) in [6.07, 6.45) is 3.16. The Morgan fingerprint density at radius 2 is 1.86 bits per heavy atom. The minimum Gasteiger partial charge on any atom is -0.312 e. The number of carbonyl (C=O) groups is 2. The van der Waals surface area contributed by atoms with Crippen molar-refractivity contribution < 1.29 is 9.59 Å². The zero-order valence-corrected chi connectivity index (χ0v) is 14.3. The number of benzene rings is 1. The summed E-state index contributed by atoms with van der Waals surface area (Å²) >= 11 is 6.05. The van der Waals surface area contributed by atoms with Crippen molar-refractivity contribution in [2.45, 2.75) is 51.8 Å². The van der Waals surface area contributed by atoms with Gasteiger partial charge in [-0.15, -0.1) is 11.6 Å². The Hall–Kier alpha value is -1.35. The van der Waals surface area contributed by atoms with Gasteiger partial charge in [0, 0.05) is 23.7 Å². The van der Waals surface area contributed by atoms with Crippen LogP contribution in [0.4, 0.5) is 5.69 Å². The van der Waals surface area contributed by atoms with Crippen molar-refractivity contribution in [3.8, 4) is 0 Å². The predicted octanol–water partition coefficient (Wildman–Crippen LogP) is 4.21. The highest BCUT2D eigenvalue weighted by atomic mass is 35.5. The summed E-state index contributed by atoms with van der Waals surface area (Å²) in [5, 5.41) is -0.471. The van der Waals surface area contributed by atoms with Crippen LogP contribution in [0.3, 0.4) is 0 Å². The monoisotopic (exact) mass is 321 g/mol. The lowest BCUT2D eigenvalue weighted by molar-refractivity contribution is -0.122. The second-order valence-electron chi connectivity index (χ2n) is 5.84. The van der Waals surface area contributed by atoms with Gasteiger partial charge in [0.1, 0.15) is 0 Å². The topological polar surface area (TPSA) is 37.4 Å². The maximum absolute atomic E-state index is 12.6. The lowest BCUT2D eigenvalue weighted by Crippen LogP contribution is -2.34. The molecule has 1 amide bonds. The van der Waals surface area contributed by atoms with Crippen molar-refractivity contribution >= 4 is 29.0 Å². The molecule has 0 aliphatic carbocycles. The SMILES string of the molecule is CCC(Cl)C(=O)c1ccc2c(c1)CCN2C(=O)C(CC)CC.